The van der Waals surface area contributed by atoms with Crippen LogP contribution in [0.3, 0.4) is 0 Å². The predicted molar refractivity (Wildman–Crippen MR) is 273 cm³/mol. The van der Waals surface area contributed by atoms with Crippen molar-refractivity contribution in [1.82, 2.24) is 0 Å². The topological polar surface area (TPSA) is 44.8 Å². The number of hydrogen-bond donors (Lipinski definition) is 0. The fourth-order valence-electron chi connectivity index (χ4n) is 7.95. The van der Waals surface area contributed by atoms with Crippen molar-refractivity contribution in [3.8, 4) is 40.9 Å². The van der Waals surface area contributed by atoms with Crippen LogP contribution in [-0.2, 0) is 10.2 Å². The lowest BCUT2D eigenvalue weighted by molar-refractivity contribution is -0.109. The summed E-state index contributed by atoms with van der Waals surface area (Å²) < 4.78 is 50.7. The van der Waals surface area contributed by atoms with E-state index in [9.17, 15) is 4.79 Å². The number of halogens is 2. The standard InChI is InChI=1S/C59H76F2O4S/c1-5-8-11-14-18-23-42-63-53-34-28-50(29-35-53)59(51-30-36-54(37-31-51)64-43-24-19-15-12-9-6-2,52-32-38-55(39-33-52)65-44-25-20-16-13-10-7-3)41-40-56-57(60)46-49(47-58(56)61)27-22-17-21-26-45-66-48(4)62/h28-39,46-47H,5-21,23-26,42-45H2,1-4H3. The monoisotopic (exact) mass is 919 g/mol. The molecule has 4 aromatic carbocycles. The minimum absolute atomic E-state index is 0.0947. The molecule has 4 rings (SSSR count). The van der Waals surface area contributed by atoms with Crippen molar-refractivity contribution in [2.75, 3.05) is 25.6 Å². The first kappa shape index (κ1) is 53.9. The van der Waals surface area contributed by atoms with Gasteiger partial charge in [-0.2, -0.15) is 0 Å². The molecule has 4 nitrogen and oxygen atoms in total. The van der Waals surface area contributed by atoms with Crippen LogP contribution in [0.25, 0.3) is 0 Å². The first-order valence-electron chi connectivity index (χ1n) is 25.1. The third-order valence-electron chi connectivity index (χ3n) is 11.8. The Hall–Kier alpha value is -4.72. The molecule has 0 N–H and O–H groups in total. The number of carbonyl (C=O) groups is 1. The number of thioether (sulfide) groups is 1. The largest absolute Gasteiger partial charge is 0.494 e. The molecule has 356 valence electrons. The van der Waals surface area contributed by atoms with E-state index in [4.69, 9.17) is 14.2 Å². The minimum atomic E-state index is -1.16. The highest BCUT2D eigenvalue weighted by molar-refractivity contribution is 8.13. The van der Waals surface area contributed by atoms with Crippen LogP contribution >= 0.6 is 11.8 Å². The molecule has 0 saturated heterocycles. The molecule has 66 heavy (non-hydrogen) atoms. The molecule has 7 heteroatoms. The van der Waals surface area contributed by atoms with E-state index in [0.29, 0.717) is 26.2 Å². The lowest BCUT2D eigenvalue weighted by Gasteiger charge is -2.31. The van der Waals surface area contributed by atoms with E-state index in [2.05, 4.69) is 44.5 Å². The lowest BCUT2D eigenvalue weighted by atomic mass is 9.69. The van der Waals surface area contributed by atoms with Crippen LogP contribution in [0.5, 0.6) is 17.2 Å². The van der Waals surface area contributed by atoms with Gasteiger partial charge in [0.1, 0.15) is 34.3 Å². The van der Waals surface area contributed by atoms with Crippen LogP contribution in [0.2, 0.25) is 0 Å². The van der Waals surface area contributed by atoms with Crippen LogP contribution < -0.4 is 14.2 Å². The molecule has 0 fully saturated rings. The van der Waals surface area contributed by atoms with Crippen LogP contribution in [-0.4, -0.2) is 30.7 Å². The summed E-state index contributed by atoms with van der Waals surface area (Å²) in [4.78, 5) is 11.2. The molecular formula is C59H76F2O4S. The van der Waals surface area contributed by atoms with Gasteiger partial charge in [-0.3, -0.25) is 4.79 Å². The molecule has 0 aliphatic rings. The SMILES string of the molecule is CCCCCCCCOc1ccc(C(C#Cc2c(F)cc(C#CCCCCSC(C)=O)cc2F)(c2ccc(OCCCCCCCC)cc2)c2ccc(OCCCCCCCC)cc2)cc1. The normalized spacial score (nSPS) is 11.1. The average Bonchev–Trinajstić information content (AvgIpc) is 3.32. The van der Waals surface area contributed by atoms with Gasteiger partial charge in [0.05, 0.1) is 25.4 Å². The highest BCUT2D eigenvalue weighted by Crippen LogP contribution is 2.41. The Kier molecular flexibility index (Phi) is 26.2. The predicted octanol–water partition coefficient (Wildman–Crippen LogP) is 16.4. The maximum Gasteiger partial charge on any atom is 0.185 e. The summed E-state index contributed by atoms with van der Waals surface area (Å²) in [5.41, 5.74) is 1.26. The zero-order valence-corrected chi connectivity index (χ0v) is 41.4. The first-order valence-corrected chi connectivity index (χ1v) is 26.1. The second-order valence-corrected chi connectivity index (χ2v) is 18.6. The second-order valence-electron chi connectivity index (χ2n) is 17.3. The summed E-state index contributed by atoms with van der Waals surface area (Å²) in [5.74, 6) is 13.9. The van der Waals surface area contributed by atoms with Crippen molar-refractivity contribution in [2.45, 2.75) is 168 Å². The molecule has 0 unspecified atom stereocenters. The van der Waals surface area contributed by atoms with Gasteiger partial charge in [-0.25, -0.2) is 8.78 Å². The highest BCUT2D eigenvalue weighted by atomic mass is 32.2. The Morgan fingerprint density at radius 3 is 1.27 bits per heavy atom. The molecular weight excluding hydrogens is 843 g/mol. The molecule has 0 aliphatic carbocycles. The van der Waals surface area contributed by atoms with Crippen molar-refractivity contribution < 1.29 is 27.8 Å². The molecule has 0 amide bonds. The van der Waals surface area contributed by atoms with Gasteiger partial charge in [-0.1, -0.05) is 189 Å². The van der Waals surface area contributed by atoms with Gasteiger partial charge in [0.2, 0.25) is 0 Å². The molecule has 0 aliphatic heterocycles. The minimum Gasteiger partial charge on any atom is -0.494 e. The van der Waals surface area contributed by atoms with Crippen LogP contribution in [0.4, 0.5) is 8.78 Å². The van der Waals surface area contributed by atoms with Gasteiger partial charge < -0.3 is 14.2 Å². The molecule has 0 aromatic heterocycles. The molecule has 4 aromatic rings. The van der Waals surface area contributed by atoms with E-state index in [1.54, 1.807) is 6.92 Å². The van der Waals surface area contributed by atoms with Gasteiger partial charge in [0, 0.05) is 24.7 Å². The number of rotatable bonds is 31. The van der Waals surface area contributed by atoms with Gasteiger partial charge in [0.15, 0.2) is 5.12 Å². The summed E-state index contributed by atoms with van der Waals surface area (Å²) in [7, 11) is 0. The highest BCUT2D eigenvalue weighted by Gasteiger charge is 2.35. The van der Waals surface area contributed by atoms with Crippen molar-refractivity contribution in [3.63, 3.8) is 0 Å². The van der Waals surface area contributed by atoms with Gasteiger partial charge in [-0.05, 0) is 97.3 Å². The maximum absolute atomic E-state index is 16.0. The van der Waals surface area contributed by atoms with E-state index in [1.807, 2.05) is 72.8 Å². The van der Waals surface area contributed by atoms with E-state index < -0.39 is 17.0 Å². The zero-order valence-electron chi connectivity index (χ0n) is 40.6. The number of benzene rings is 4. The summed E-state index contributed by atoms with van der Waals surface area (Å²) >= 11 is 1.30. The second kappa shape index (κ2) is 32.1. The van der Waals surface area contributed by atoms with Crippen molar-refractivity contribution in [2.24, 2.45) is 0 Å². The summed E-state index contributed by atoms with van der Waals surface area (Å²) in [5, 5.41) is 0.0947. The van der Waals surface area contributed by atoms with Crippen molar-refractivity contribution >= 4 is 16.9 Å². The van der Waals surface area contributed by atoms with Gasteiger partial charge in [0.25, 0.3) is 0 Å². The molecule has 0 atom stereocenters. The van der Waals surface area contributed by atoms with Crippen LogP contribution in [0, 0.1) is 35.3 Å². The van der Waals surface area contributed by atoms with Gasteiger partial charge >= 0.3 is 0 Å². The van der Waals surface area contributed by atoms with Crippen LogP contribution in [0.1, 0.15) is 190 Å². The fourth-order valence-corrected chi connectivity index (χ4v) is 8.59. The lowest BCUT2D eigenvalue weighted by Crippen LogP contribution is -2.28. The van der Waals surface area contributed by atoms with E-state index in [-0.39, 0.29) is 16.2 Å². The molecule has 0 spiro atoms. The zero-order chi connectivity index (χ0) is 47.1. The van der Waals surface area contributed by atoms with E-state index >= 15 is 8.78 Å². The average molecular weight is 919 g/mol. The molecule has 0 radical (unpaired) electrons. The Morgan fingerprint density at radius 1 is 0.515 bits per heavy atom. The number of carbonyl (C=O) groups excluding carboxylic acids is 1. The third kappa shape index (κ3) is 19.2. The van der Waals surface area contributed by atoms with Gasteiger partial charge in [-0.15, -0.1) is 0 Å². The molecule has 0 bridgehead atoms. The Labute approximate surface area is 401 Å². The Morgan fingerprint density at radius 2 is 0.894 bits per heavy atom. The molecule has 0 heterocycles. The Bertz CT molecular complexity index is 1920. The van der Waals surface area contributed by atoms with Crippen molar-refractivity contribution in [3.05, 3.63) is 124 Å². The van der Waals surface area contributed by atoms with Crippen molar-refractivity contribution in [1.29, 1.82) is 0 Å². The van der Waals surface area contributed by atoms with E-state index in [1.165, 1.54) is 101 Å². The summed E-state index contributed by atoms with van der Waals surface area (Å²) in [6.07, 6.45) is 23.5. The smallest absolute Gasteiger partial charge is 0.185 e. The quantitative estimate of drug-likeness (QED) is 0.0286. The summed E-state index contributed by atoms with van der Waals surface area (Å²) in [6.45, 7) is 10.1. The fraction of sp³-hybridized carbons (Fsp3) is 0.508. The Balaban J connectivity index is 1.71. The number of ether oxygens (including phenoxy) is 3. The maximum atomic E-state index is 16.0. The van der Waals surface area contributed by atoms with E-state index in [0.717, 1.165) is 91.1 Å². The number of hydrogen-bond acceptors (Lipinski definition) is 5. The van der Waals surface area contributed by atoms with Crippen LogP contribution in [0.15, 0.2) is 84.9 Å². The first-order chi connectivity index (χ1) is 32.3. The molecule has 0 saturated carbocycles. The number of unbranched alkanes of at least 4 members (excludes halogenated alkanes) is 17. The summed E-state index contributed by atoms with van der Waals surface area (Å²) in [6, 6.07) is 26.4. The third-order valence-corrected chi connectivity index (χ3v) is 12.7.